The number of unbranched alkanes of at least 4 members (excludes halogenated alkanes) is 1. The van der Waals surface area contributed by atoms with Gasteiger partial charge in [-0.3, -0.25) is 0 Å². The summed E-state index contributed by atoms with van der Waals surface area (Å²) in [6.45, 7) is 6.26. The summed E-state index contributed by atoms with van der Waals surface area (Å²) in [5.74, 6) is 0.847. The van der Waals surface area contributed by atoms with Crippen LogP contribution in [0.2, 0.25) is 0 Å². The molecule has 0 unspecified atom stereocenters. The van der Waals surface area contributed by atoms with Gasteiger partial charge in [0, 0.05) is 57.5 Å². The smallest absolute Gasteiger partial charge is 0.317 e. The van der Waals surface area contributed by atoms with Crippen molar-refractivity contribution >= 4 is 6.03 Å². The maximum Gasteiger partial charge on any atom is 0.317 e. The molecule has 1 N–H and O–H groups in total. The van der Waals surface area contributed by atoms with Gasteiger partial charge >= 0.3 is 6.03 Å². The Kier molecular flexibility index (Phi) is 8.97. The van der Waals surface area contributed by atoms with E-state index in [1.165, 1.54) is 0 Å². The fraction of sp³-hybridized carbons (Fsp3) is 0.435. The van der Waals surface area contributed by atoms with Crippen LogP contribution in [-0.4, -0.2) is 49.7 Å². The maximum absolute atomic E-state index is 12.9. The molecule has 8 heteroatoms. The summed E-state index contributed by atoms with van der Waals surface area (Å²) in [4.78, 5) is 22.9. The highest BCUT2D eigenvalue weighted by Crippen LogP contribution is 2.14. The number of nitrogens with one attached hydrogen (secondary N) is 1. The molecular formula is C23H32N6O2. The third-order valence-corrected chi connectivity index (χ3v) is 4.98. The molecular weight excluding hydrogens is 392 g/mol. The minimum absolute atomic E-state index is 0.0258. The topological polar surface area (TPSA) is 77.2 Å². The Bertz CT molecular complexity index is 862. The van der Waals surface area contributed by atoms with Crippen LogP contribution < -0.4 is 10.1 Å². The number of aryl methyl sites for hydroxylation is 2. The van der Waals surface area contributed by atoms with Gasteiger partial charge in [-0.2, -0.15) is 0 Å². The average Bonchev–Trinajstić information content (AvgIpc) is 3.48. The van der Waals surface area contributed by atoms with Gasteiger partial charge in [0.25, 0.3) is 0 Å². The largest absolute Gasteiger partial charge is 0.494 e. The second-order valence-electron chi connectivity index (χ2n) is 7.39. The van der Waals surface area contributed by atoms with Gasteiger partial charge in [-0.1, -0.05) is 12.1 Å². The monoisotopic (exact) mass is 424 g/mol. The lowest BCUT2D eigenvalue weighted by Gasteiger charge is -2.23. The number of imidazole rings is 2. The molecule has 3 rings (SSSR count). The van der Waals surface area contributed by atoms with Crippen molar-refractivity contribution in [2.24, 2.45) is 0 Å². The van der Waals surface area contributed by atoms with E-state index >= 15 is 0 Å². The molecule has 0 atom stereocenters. The van der Waals surface area contributed by atoms with Crippen LogP contribution in [-0.2, 0) is 19.6 Å². The van der Waals surface area contributed by atoms with Gasteiger partial charge < -0.3 is 24.1 Å². The summed E-state index contributed by atoms with van der Waals surface area (Å²) in [6, 6.07) is 7.92. The van der Waals surface area contributed by atoms with Crippen LogP contribution in [0.1, 0.15) is 31.7 Å². The predicted octanol–water partition coefficient (Wildman–Crippen LogP) is 3.56. The van der Waals surface area contributed by atoms with E-state index in [2.05, 4.69) is 19.9 Å². The van der Waals surface area contributed by atoms with Gasteiger partial charge in [0.05, 0.1) is 19.3 Å². The zero-order valence-corrected chi connectivity index (χ0v) is 18.2. The minimum Gasteiger partial charge on any atom is -0.494 e. The van der Waals surface area contributed by atoms with Gasteiger partial charge in [-0.15, -0.1) is 0 Å². The fourth-order valence-electron chi connectivity index (χ4n) is 3.34. The molecule has 0 saturated heterocycles. The molecule has 0 aliphatic rings. The molecule has 166 valence electrons. The van der Waals surface area contributed by atoms with E-state index in [4.69, 9.17) is 4.74 Å². The lowest BCUT2D eigenvalue weighted by molar-refractivity contribution is 0.193. The second kappa shape index (κ2) is 12.4. The standard InChI is InChI=1S/C23H32N6O2/c1-2-31-22-8-6-21(7-9-22)18-29(15-5-14-28-17-12-25-20-28)23(30)26-10-3-4-13-27-16-11-24-19-27/h6-9,11-12,16-17,19-20H,2-5,10,13-15,18H2,1H3,(H,26,30). The Balaban J connectivity index is 1.48. The molecule has 2 heterocycles. The molecule has 0 aliphatic heterocycles. The van der Waals surface area contributed by atoms with E-state index in [0.29, 0.717) is 26.2 Å². The van der Waals surface area contributed by atoms with Crippen molar-refractivity contribution in [2.45, 2.75) is 45.8 Å². The lowest BCUT2D eigenvalue weighted by atomic mass is 10.2. The number of amides is 2. The van der Waals surface area contributed by atoms with Gasteiger partial charge in [0.2, 0.25) is 0 Å². The summed E-state index contributed by atoms with van der Waals surface area (Å²) in [5.41, 5.74) is 1.08. The van der Waals surface area contributed by atoms with Crippen molar-refractivity contribution in [3.63, 3.8) is 0 Å². The van der Waals surface area contributed by atoms with Crippen LogP contribution in [0.25, 0.3) is 0 Å². The van der Waals surface area contributed by atoms with Crippen LogP contribution in [0.3, 0.4) is 0 Å². The Morgan fingerprint density at radius 2 is 1.68 bits per heavy atom. The zero-order chi connectivity index (χ0) is 21.7. The summed E-state index contributed by atoms with van der Waals surface area (Å²) in [5, 5.41) is 3.08. The normalized spacial score (nSPS) is 10.7. The van der Waals surface area contributed by atoms with E-state index in [0.717, 1.165) is 43.7 Å². The number of benzene rings is 1. The molecule has 0 radical (unpaired) electrons. The van der Waals surface area contributed by atoms with Crippen LogP contribution in [0.5, 0.6) is 5.75 Å². The third-order valence-electron chi connectivity index (χ3n) is 4.98. The first kappa shape index (κ1) is 22.4. The molecule has 2 amide bonds. The van der Waals surface area contributed by atoms with E-state index in [1.54, 1.807) is 18.7 Å². The molecule has 31 heavy (non-hydrogen) atoms. The quantitative estimate of drug-likeness (QED) is 0.426. The number of carbonyl (C=O) groups is 1. The molecule has 0 fully saturated rings. The van der Waals surface area contributed by atoms with Crippen LogP contribution in [0.4, 0.5) is 4.79 Å². The molecule has 0 bridgehead atoms. The van der Waals surface area contributed by atoms with Crippen molar-refractivity contribution < 1.29 is 9.53 Å². The molecule has 0 aliphatic carbocycles. The van der Waals surface area contributed by atoms with Crippen molar-refractivity contribution in [2.75, 3.05) is 19.7 Å². The highest BCUT2D eigenvalue weighted by molar-refractivity contribution is 5.74. The van der Waals surface area contributed by atoms with Crippen molar-refractivity contribution in [3.05, 3.63) is 67.3 Å². The molecule has 3 aromatic rings. The number of urea groups is 1. The number of carbonyl (C=O) groups excluding carboxylic acids is 1. The van der Waals surface area contributed by atoms with E-state index in [1.807, 2.05) is 59.4 Å². The second-order valence-corrected chi connectivity index (χ2v) is 7.39. The Labute approximate surface area is 183 Å². The van der Waals surface area contributed by atoms with Crippen LogP contribution in [0.15, 0.2) is 61.7 Å². The highest BCUT2D eigenvalue weighted by Gasteiger charge is 2.13. The van der Waals surface area contributed by atoms with Crippen LogP contribution >= 0.6 is 0 Å². The summed E-state index contributed by atoms with van der Waals surface area (Å²) < 4.78 is 9.60. The average molecular weight is 425 g/mol. The molecule has 8 nitrogen and oxygen atoms in total. The van der Waals surface area contributed by atoms with Crippen LogP contribution in [0, 0.1) is 0 Å². The summed E-state index contributed by atoms with van der Waals surface area (Å²) in [6.07, 6.45) is 13.9. The van der Waals surface area contributed by atoms with Crippen molar-refractivity contribution in [1.29, 1.82) is 0 Å². The number of nitrogens with zero attached hydrogens (tertiary/aromatic N) is 5. The summed E-state index contributed by atoms with van der Waals surface area (Å²) >= 11 is 0. The molecule has 0 spiro atoms. The van der Waals surface area contributed by atoms with Gasteiger partial charge in [0.1, 0.15) is 5.75 Å². The Hall–Kier alpha value is -3.29. The van der Waals surface area contributed by atoms with Gasteiger partial charge in [-0.05, 0) is 43.9 Å². The lowest BCUT2D eigenvalue weighted by Crippen LogP contribution is -2.40. The number of ether oxygens (including phenoxy) is 1. The van der Waals surface area contributed by atoms with E-state index in [9.17, 15) is 4.79 Å². The first-order chi connectivity index (χ1) is 15.2. The van der Waals surface area contributed by atoms with Gasteiger partial charge in [-0.25, -0.2) is 14.8 Å². The third kappa shape index (κ3) is 7.81. The van der Waals surface area contributed by atoms with Gasteiger partial charge in [0.15, 0.2) is 0 Å². The van der Waals surface area contributed by atoms with E-state index in [-0.39, 0.29) is 6.03 Å². The predicted molar refractivity (Wildman–Crippen MR) is 120 cm³/mol. The fourth-order valence-corrected chi connectivity index (χ4v) is 3.34. The Morgan fingerprint density at radius 3 is 2.29 bits per heavy atom. The molecule has 0 saturated carbocycles. The molecule has 1 aromatic carbocycles. The Morgan fingerprint density at radius 1 is 1.00 bits per heavy atom. The van der Waals surface area contributed by atoms with Crippen molar-refractivity contribution in [1.82, 2.24) is 29.3 Å². The number of hydrogen-bond donors (Lipinski definition) is 1. The zero-order valence-electron chi connectivity index (χ0n) is 18.2. The van der Waals surface area contributed by atoms with Crippen molar-refractivity contribution in [3.8, 4) is 5.75 Å². The summed E-state index contributed by atoms with van der Waals surface area (Å²) in [7, 11) is 0. The maximum atomic E-state index is 12.9. The molecule has 2 aromatic heterocycles. The number of rotatable bonds is 13. The highest BCUT2D eigenvalue weighted by atomic mass is 16.5. The minimum atomic E-state index is -0.0258. The van der Waals surface area contributed by atoms with E-state index < -0.39 is 0 Å². The number of hydrogen-bond acceptors (Lipinski definition) is 4. The first-order valence-electron chi connectivity index (χ1n) is 10.9. The SMILES string of the molecule is CCOc1ccc(CN(CCCn2ccnc2)C(=O)NCCCCn2ccnc2)cc1. The number of aromatic nitrogens is 4. The first-order valence-corrected chi connectivity index (χ1v) is 10.9.